The van der Waals surface area contributed by atoms with Crippen LogP contribution in [0.15, 0.2) is 60.7 Å². The highest BCUT2D eigenvalue weighted by atomic mass is 16.8. The maximum absolute atomic E-state index is 13.9. The number of benzene rings is 3. The molecule has 5 aliphatic rings. The molecule has 0 amide bonds. The van der Waals surface area contributed by atoms with Gasteiger partial charge in [0.05, 0.1) is 5.39 Å². The molecular weight excluding hydrogens is 400 g/mol. The Labute approximate surface area is 175 Å². The van der Waals surface area contributed by atoms with Crippen molar-refractivity contribution in [2.75, 3.05) is 0 Å². The summed E-state index contributed by atoms with van der Waals surface area (Å²) in [5.41, 5.74) is -3.17. The van der Waals surface area contributed by atoms with E-state index in [0.29, 0.717) is 11.5 Å². The van der Waals surface area contributed by atoms with Gasteiger partial charge >= 0.3 is 5.79 Å². The van der Waals surface area contributed by atoms with Gasteiger partial charge in [-0.05, 0) is 17.5 Å². The van der Waals surface area contributed by atoms with Crippen molar-refractivity contribution < 1.29 is 33.6 Å². The first kappa shape index (κ1) is 16.4. The summed E-state index contributed by atoms with van der Waals surface area (Å²) in [7, 11) is 0. The summed E-state index contributed by atoms with van der Waals surface area (Å²) < 4.78 is 24.7. The van der Waals surface area contributed by atoms with Gasteiger partial charge in [0.1, 0.15) is 23.7 Å². The van der Waals surface area contributed by atoms with Gasteiger partial charge in [0.2, 0.25) is 17.2 Å². The van der Waals surface area contributed by atoms with E-state index in [1.165, 1.54) is 0 Å². The standard InChI is InChI=1S/C24H14O7/c25-18-12-7-1-2-8-13(12)19(26)23-22(18,31-23)20(27)17-21(28-17)24(23)29-14-9-3-5-11-6-4-10-15(30-24)16(11)14/h1-10,17,20-21,27H/t17-,20+,21-,22+,23+/m1/s1. The SMILES string of the molecule is O=C1c2ccccc2C(=O)[C@@]23O[C@@]12C1(Oc2cccc4cccc(c24)O1)[C@@H]1O[C@@H]1[C@@H]3O. The molecule has 31 heavy (non-hydrogen) atoms. The van der Waals surface area contributed by atoms with Crippen LogP contribution in [0.4, 0.5) is 0 Å². The number of carbonyl (C=O) groups excluding carboxylic acids is 2. The fourth-order valence-electron chi connectivity index (χ4n) is 5.95. The summed E-state index contributed by atoms with van der Waals surface area (Å²) in [6, 6.07) is 17.7. The molecule has 7 heteroatoms. The van der Waals surface area contributed by atoms with Crippen LogP contribution < -0.4 is 9.47 Å². The van der Waals surface area contributed by atoms with Gasteiger partial charge < -0.3 is 24.1 Å². The van der Waals surface area contributed by atoms with Crippen LogP contribution in [-0.4, -0.2) is 52.0 Å². The Balaban J connectivity index is 1.42. The smallest absolute Gasteiger partial charge is 0.321 e. The molecule has 7 nitrogen and oxygen atoms in total. The van der Waals surface area contributed by atoms with Crippen LogP contribution in [0.5, 0.6) is 11.5 Å². The van der Waals surface area contributed by atoms with Gasteiger partial charge in [0.15, 0.2) is 6.10 Å². The first-order valence-corrected chi connectivity index (χ1v) is 10.2. The van der Waals surface area contributed by atoms with Gasteiger partial charge in [-0.25, -0.2) is 0 Å². The maximum Gasteiger partial charge on any atom is 0.321 e. The average molecular weight is 414 g/mol. The molecule has 8 rings (SSSR count). The number of hydrogen-bond acceptors (Lipinski definition) is 7. The van der Waals surface area contributed by atoms with E-state index >= 15 is 0 Å². The molecule has 2 aliphatic carbocycles. The zero-order valence-corrected chi connectivity index (χ0v) is 15.9. The minimum atomic E-state index is -1.84. The highest BCUT2D eigenvalue weighted by Crippen LogP contribution is 2.72. The molecule has 3 aromatic carbocycles. The number of aliphatic hydroxyl groups is 1. The normalized spacial score (nSPS) is 37.1. The Kier molecular flexibility index (Phi) is 2.46. The number of ketones is 2. The van der Waals surface area contributed by atoms with Crippen molar-refractivity contribution in [2.24, 2.45) is 0 Å². The Bertz CT molecular complexity index is 1350. The van der Waals surface area contributed by atoms with E-state index in [4.69, 9.17) is 18.9 Å². The number of fused-ring (bicyclic) bond motifs is 3. The molecule has 5 atom stereocenters. The number of ether oxygens (including phenoxy) is 4. The Morgan fingerprint density at radius 3 is 2.13 bits per heavy atom. The fraction of sp³-hybridized carbons (Fsp3) is 0.250. The number of hydrogen-bond donors (Lipinski definition) is 1. The third-order valence-corrected chi connectivity index (χ3v) is 7.34. The third kappa shape index (κ3) is 1.46. The van der Waals surface area contributed by atoms with E-state index in [9.17, 15) is 14.7 Å². The summed E-state index contributed by atoms with van der Waals surface area (Å²) in [6.45, 7) is 0. The molecule has 1 spiro atoms. The van der Waals surface area contributed by atoms with Crippen molar-refractivity contribution in [3.05, 3.63) is 71.8 Å². The second-order valence-electron chi connectivity index (χ2n) is 8.67. The zero-order valence-electron chi connectivity index (χ0n) is 15.9. The van der Waals surface area contributed by atoms with Gasteiger partial charge in [-0.2, -0.15) is 0 Å². The van der Waals surface area contributed by atoms with E-state index in [-0.39, 0.29) is 11.1 Å². The second kappa shape index (κ2) is 4.65. The second-order valence-corrected chi connectivity index (χ2v) is 8.67. The van der Waals surface area contributed by atoms with Crippen LogP contribution in [-0.2, 0) is 9.47 Å². The monoisotopic (exact) mass is 414 g/mol. The van der Waals surface area contributed by atoms with E-state index in [0.717, 1.165) is 10.8 Å². The number of Topliss-reactive ketones (excluding diaryl/α,β-unsaturated/α-hetero) is 2. The van der Waals surface area contributed by atoms with Crippen LogP contribution in [0.3, 0.4) is 0 Å². The zero-order chi connectivity index (χ0) is 20.8. The van der Waals surface area contributed by atoms with E-state index in [2.05, 4.69) is 0 Å². The van der Waals surface area contributed by atoms with E-state index in [1.54, 1.807) is 36.4 Å². The summed E-state index contributed by atoms with van der Waals surface area (Å²) in [5.74, 6) is -1.58. The molecule has 0 aromatic heterocycles. The highest BCUT2D eigenvalue weighted by Gasteiger charge is 3.01. The van der Waals surface area contributed by atoms with Crippen LogP contribution in [0.25, 0.3) is 10.8 Å². The van der Waals surface area contributed by atoms with E-state index in [1.807, 2.05) is 24.3 Å². The number of rotatable bonds is 0. The number of aliphatic hydroxyl groups excluding tert-OH is 1. The first-order valence-electron chi connectivity index (χ1n) is 10.2. The molecule has 2 saturated heterocycles. The Morgan fingerprint density at radius 1 is 0.806 bits per heavy atom. The van der Waals surface area contributed by atoms with Crippen LogP contribution in [0.1, 0.15) is 20.7 Å². The molecule has 3 fully saturated rings. The minimum Gasteiger partial charge on any atom is -0.446 e. The molecule has 0 unspecified atom stereocenters. The molecule has 0 radical (unpaired) electrons. The van der Waals surface area contributed by atoms with E-state index < -0.39 is 46.9 Å². The average Bonchev–Trinajstić information content (AvgIpc) is 3.70. The minimum absolute atomic E-state index is 0.229. The van der Waals surface area contributed by atoms with Gasteiger partial charge in [0.25, 0.3) is 5.60 Å². The molecule has 0 bridgehead atoms. The van der Waals surface area contributed by atoms with Crippen molar-refractivity contribution in [2.45, 2.75) is 35.3 Å². The third-order valence-electron chi connectivity index (χ3n) is 7.34. The molecule has 3 heterocycles. The Morgan fingerprint density at radius 2 is 1.45 bits per heavy atom. The summed E-state index contributed by atoms with van der Waals surface area (Å²) in [5, 5.41) is 12.7. The number of carbonyl (C=O) groups is 2. The lowest BCUT2D eigenvalue weighted by atomic mass is 9.63. The molecule has 3 aliphatic heterocycles. The topological polar surface area (TPSA) is 97.9 Å². The number of epoxide rings is 2. The quantitative estimate of drug-likeness (QED) is 0.562. The van der Waals surface area contributed by atoms with Crippen molar-refractivity contribution in [1.82, 2.24) is 0 Å². The molecule has 1 saturated carbocycles. The van der Waals surface area contributed by atoms with Gasteiger partial charge in [-0.3, -0.25) is 9.59 Å². The predicted octanol–water partition coefficient (Wildman–Crippen LogP) is 2.04. The molecular formula is C24H14O7. The molecule has 152 valence electrons. The van der Waals surface area contributed by atoms with Gasteiger partial charge in [0, 0.05) is 11.1 Å². The fourth-order valence-corrected chi connectivity index (χ4v) is 5.95. The van der Waals surface area contributed by atoms with Crippen LogP contribution in [0, 0.1) is 0 Å². The lowest BCUT2D eigenvalue weighted by Gasteiger charge is -2.45. The Hall–Kier alpha value is -3.26. The van der Waals surface area contributed by atoms with Gasteiger partial charge in [-0.15, -0.1) is 0 Å². The summed E-state index contributed by atoms with van der Waals surface area (Å²) >= 11 is 0. The predicted molar refractivity (Wildman–Crippen MR) is 104 cm³/mol. The molecule has 1 N–H and O–H groups in total. The summed E-state index contributed by atoms with van der Waals surface area (Å²) in [4.78, 5) is 27.5. The lowest BCUT2D eigenvalue weighted by molar-refractivity contribution is -0.174. The lowest BCUT2D eigenvalue weighted by Crippen LogP contribution is -2.73. The van der Waals surface area contributed by atoms with Crippen molar-refractivity contribution in [3.8, 4) is 11.5 Å². The van der Waals surface area contributed by atoms with Gasteiger partial charge in [-0.1, -0.05) is 48.5 Å². The van der Waals surface area contributed by atoms with Crippen LogP contribution in [0.2, 0.25) is 0 Å². The maximum atomic E-state index is 13.9. The van der Waals surface area contributed by atoms with Crippen molar-refractivity contribution in [3.63, 3.8) is 0 Å². The van der Waals surface area contributed by atoms with Crippen LogP contribution >= 0.6 is 0 Å². The largest absolute Gasteiger partial charge is 0.446 e. The van der Waals surface area contributed by atoms with Crippen molar-refractivity contribution in [1.29, 1.82) is 0 Å². The molecule has 3 aromatic rings. The summed E-state index contributed by atoms with van der Waals surface area (Å²) in [6.07, 6.45) is -2.79. The first-order chi connectivity index (χ1) is 15.1. The van der Waals surface area contributed by atoms with Crippen molar-refractivity contribution >= 4 is 22.3 Å². The highest BCUT2D eigenvalue weighted by molar-refractivity contribution is 6.26.